The quantitative estimate of drug-likeness (QED) is 0.783. The molecule has 0 amide bonds. The van der Waals surface area contributed by atoms with E-state index in [2.05, 4.69) is 31.8 Å². The van der Waals surface area contributed by atoms with Crippen LogP contribution >= 0.6 is 11.8 Å². The molecule has 2 aromatic rings. The number of ether oxygens (including phenoxy) is 1. The number of nitrogens with zero attached hydrogens (tertiary/aromatic N) is 1. The maximum absolute atomic E-state index is 10.0. The van der Waals surface area contributed by atoms with E-state index in [1.54, 1.807) is 6.20 Å². The molecule has 1 heterocycles. The zero-order valence-electron chi connectivity index (χ0n) is 13.3. The van der Waals surface area contributed by atoms with E-state index in [9.17, 15) is 5.11 Å². The summed E-state index contributed by atoms with van der Waals surface area (Å²) in [6.07, 6.45) is 1.24. The van der Waals surface area contributed by atoms with Gasteiger partial charge in [-0.05, 0) is 48.2 Å². The Labute approximate surface area is 136 Å². The number of benzene rings is 1. The van der Waals surface area contributed by atoms with Gasteiger partial charge in [-0.25, -0.2) is 4.98 Å². The van der Waals surface area contributed by atoms with Crippen molar-refractivity contribution >= 4 is 11.8 Å². The lowest BCUT2D eigenvalue weighted by Gasteiger charge is -2.14. The first kappa shape index (κ1) is 16.8. The smallest absolute Gasteiger partial charge is 0.119 e. The third-order valence-electron chi connectivity index (χ3n) is 3.37. The molecule has 1 aromatic heterocycles. The van der Waals surface area contributed by atoms with Gasteiger partial charge >= 0.3 is 0 Å². The van der Waals surface area contributed by atoms with E-state index < -0.39 is 6.10 Å². The second-order valence-electron chi connectivity index (χ2n) is 5.62. The van der Waals surface area contributed by atoms with Crippen LogP contribution in [0, 0.1) is 6.92 Å². The Morgan fingerprint density at radius 3 is 2.68 bits per heavy atom. The van der Waals surface area contributed by atoms with Crippen LogP contribution in [0.25, 0.3) is 0 Å². The molecule has 4 heteroatoms. The van der Waals surface area contributed by atoms with Gasteiger partial charge in [0.25, 0.3) is 0 Å². The number of aromatic nitrogens is 1. The van der Waals surface area contributed by atoms with E-state index >= 15 is 0 Å². The van der Waals surface area contributed by atoms with E-state index in [1.807, 2.05) is 30.3 Å². The molecule has 1 atom stereocenters. The Balaban J connectivity index is 1.81. The second kappa shape index (κ2) is 8.20. The van der Waals surface area contributed by atoms with Crippen LogP contribution in [0.4, 0.5) is 0 Å². The van der Waals surface area contributed by atoms with Gasteiger partial charge in [-0.15, -0.1) is 11.8 Å². The average molecular weight is 317 g/mol. The lowest BCUT2D eigenvalue weighted by atomic mass is 9.98. The highest BCUT2D eigenvalue weighted by Gasteiger charge is 2.09. The van der Waals surface area contributed by atoms with Gasteiger partial charge in [-0.2, -0.15) is 0 Å². The summed E-state index contributed by atoms with van der Waals surface area (Å²) < 4.78 is 5.69. The summed E-state index contributed by atoms with van der Waals surface area (Å²) in [7, 11) is 0. The first-order valence-electron chi connectivity index (χ1n) is 7.51. The Bertz CT molecular complexity index is 587. The van der Waals surface area contributed by atoms with Gasteiger partial charge in [-0.3, -0.25) is 0 Å². The molecule has 0 aliphatic carbocycles. The van der Waals surface area contributed by atoms with Crippen LogP contribution in [0.1, 0.15) is 30.9 Å². The molecular formula is C18H23NO2S. The number of thioether (sulfide) groups is 1. The van der Waals surface area contributed by atoms with E-state index in [-0.39, 0.29) is 0 Å². The third-order valence-corrected chi connectivity index (χ3v) is 4.46. The monoisotopic (exact) mass is 317 g/mol. The van der Waals surface area contributed by atoms with Crippen LogP contribution < -0.4 is 4.74 Å². The van der Waals surface area contributed by atoms with Crippen molar-refractivity contribution in [2.24, 2.45) is 0 Å². The Morgan fingerprint density at radius 2 is 2.05 bits per heavy atom. The summed E-state index contributed by atoms with van der Waals surface area (Å²) in [5, 5.41) is 10.9. The van der Waals surface area contributed by atoms with Crippen molar-refractivity contribution in [3.05, 3.63) is 53.7 Å². The maximum atomic E-state index is 10.0. The minimum Gasteiger partial charge on any atom is -0.491 e. The molecule has 118 valence electrons. The molecule has 3 nitrogen and oxygen atoms in total. The first-order chi connectivity index (χ1) is 10.6. The van der Waals surface area contributed by atoms with Gasteiger partial charge in [-0.1, -0.05) is 26.0 Å². The predicted molar refractivity (Wildman–Crippen MR) is 91.7 cm³/mol. The Hall–Kier alpha value is -1.52. The fraction of sp³-hybridized carbons (Fsp3) is 0.389. The molecule has 0 aliphatic rings. The van der Waals surface area contributed by atoms with Gasteiger partial charge in [0.1, 0.15) is 12.4 Å². The molecular weight excluding hydrogens is 294 g/mol. The minimum absolute atomic E-state index is 0.292. The minimum atomic E-state index is -0.517. The number of aliphatic hydroxyl groups excluding tert-OH is 1. The van der Waals surface area contributed by atoms with Crippen LogP contribution in [-0.2, 0) is 0 Å². The summed E-state index contributed by atoms with van der Waals surface area (Å²) in [6.45, 7) is 6.75. The second-order valence-corrected chi connectivity index (χ2v) is 6.66. The molecule has 0 spiro atoms. The van der Waals surface area contributed by atoms with Crippen molar-refractivity contribution in [1.82, 2.24) is 4.98 Å². The van der Waals surface area contributed by atoms with Crippen molar-refractivity contribution in [1.29, 1.82) is 0 Å². The van der Waals surface area contributed by atoms with Gasteiger partial charge in [0.05, 0.1) is 11.1 Å². The zero-order chi connectivity index (χ0) is 15.9. The largest absolute Gasteiger partial charge is 0.491 e. The number of aliphatic hydroxyl groups is 1. The first-order valence-corrected chi connectivity index (χ1v) is 8.50. The highest BCUT2D eigenvalue weighted by Crippen LogP contribution is 2.23. The number of hydrogen-bond acceptors (Lipinski definition) is 4. The predicted octanol–water partition coefficient (Wildman–Crippen LogP) is 4.05. The van der Waals surface area contributed by atoms with Gasteiger partial charge in [0.15, 0.2) is 0 Å². The molecule has 2 rings (SSSR count). The van der Waals surface area contributed by atoms with Crippen LogP contribution in [0.5, 0.6) is 5.75 Å². The summed E-state index contributed by atoms with van der Waals surface area (Å²) in [5.74, 6) is 1.89. The van der Waals surface area contributed by atoms with Crippen molar-refractivity contribution in [2.45, 2.75) is 37.8 Å². The highest BCUT2D eigenvalue weighted by molar-refractivity contribution is 7.99. The van der Waals surface area contributed by atoms with Crippen molar-refractivity contribution < 1.29 is 9.84 Å². The van der Waals surface area contributed by atoms with E-state index in [0.717, 1.165) is 10.8 Å². The van der Waals surface area contributed by atoms with E-state index in [4.69, 9.17) is 4.74 Å². The maximum Gasteiger partial charge on any atom is 0.119 e. The molecule has 0 saturated carbocycles. The summed E-state index contributed by atoms with van der Waals surface area (Å²) in [5.41, 5.74) is 2.56. The lowest BCUT2D eigenvalue weighted by molar-refractivity contribution is 0.126. The van der Waals surface area contributed by atoms with Gasteiger partial charge < -0.3 is 9.84 Å². The lowest BCUT2D eigenvalue weighted by Crippen LogP contribution is -2.20. The van der Waals surface area contributed by atoms with Crippen molar-refractivity contribution in [3.8, 4) is 5.75 Å². The zero-order valence-corrected chi connectivity index (χ0v) is 14.1. The Kier molecular flexibility index (Phi) is 6.28. The fourth-order valence-corrected chi connectivity index (χ4v) is 3.01. The molecule has 0 aliphatic heterocycles. The van der Waals surface area contributed by atoms with Crippen molar-refractivity contribution in [2.75, 3.05) is 12.4 Å². The summed E-state index contributed by atoms with van der Waals surface area (Å²) >= 11 is 1.53. The third kappa shape index (κ3) is 5.04. The molecule has 0 radical (unpaired) electrons. The molecule has 1 aromatic carbocycles. The Morgan fingerprint density at radius 1 is 1.23 bits per heavy atom. The van der Waals surface area contributed by atoms with Crippen LogP contribution in [0.3, 0.4) is 0 Å². The summed E-state index contributed by atoms with van der Waals surface area (Å²) in [4.78, 5) is 4.22. The van der Waals surface area contributed by atoms with Crippen LogP contribution in [0.15, 0.2) is 47.6 Å². The van der Waals surface area contributed by atoms with Crippen molar-refractivity contribution in [3.63, 3.8) is 0 Å². The topological polar surface area (TPSA) is 42.4 Å². The van der Waals surface area contributed by atoms with Gasteiger partial charge in [0.2, 0.25) is 0 Å². The highest BCUT2D eigenvalue weighted by atomic mass is 32.2. The van der Waals surface area contributed by atoms with Crippen LogP contribution in [-0.4, -0.2) is 28.6 Å². The fourth-order valence-electron chi connectivity index (χ4n) is 2.24. The number of hydrogen-bond donors (Lipinski definition) is 1. The van der Waals surface area contributed by atoms with E-state index in [1.165, 1.54) is 22.9 Å². The SMILES string of the molecule is Cc1cc(OCC(O)CSc2ccccn2)ccc1C(C)C. The normalized spacial score (nSPS) is 12.4. The molecule has 1 N–H and O–H groups in total. The van der Waals surface area contributed by atoms with E-state index in [0.29, 0.717) is 18.3 Å². The van der Waals surface area contributed by atoms with Crippen LogP contribution in [0.2, 0.25) is 0 Å². The number of rotatable bonds is 7. The number of aryl methyl sites for hydroxylation is 1. The molecule has 22 heavy (non-hydrogen) atoms. The summed E-state index contributed by atoms with van der Waals surface area (Å²) in [6, 6.07) is 11.9. The molecule has 0 bridgehead atoms. The standard InChI is InChI=1S/C18H23NO2S/c1-13(2)17-8-7-16(10-14(17)3)21-11-15(20)12-22-18-6-4-5-9-19-18/h4-10,13,15,20H,11-12H2,1-3H3. The average Bonchev–Trinajstić information content (AvgIpc) is 2.51. The molecule has 1 unspecified atom stereocenters. The molecule has 0 fully saturated rings. The molecule has 0 saturated heterocycles. The van der Waals surface area contributed by atoms with Gasteiger partial charge in [0, 0.05) is 11.9 Å². The number of pyridine rings is 1.